The van der Waals surface area contributed by atoms with E-state index in [2.05, 4.69) is 23.4 Å². The van der Waals surface area contributed by atoms with Crippen molar-refractivity contribution in [2.45, 2.75) is 25.5 Å². The highest BCUT2D eigenvalue weighted by atomic mass is 32.2. The predicted octanol–water partition coefficient (Wildman–Crippen LogP) is 2.01. The first-order chi connectivity index (χ1) is 4.88. The molecule has 3 heteroatoms. The second kappa shape index (κ2) is 3.66. The van der Waals surface area contributed by atoms with Gasteiger partial charge in [-0.25, -0.2) is 4.98 Å². The summed E-state index contributed by atoms with van der Waals surface area (Å²) >= 11 is 1.78. The lowest BCUT2D eigenvalue weighted by Gasteiger charge is -2.00. The van der Waals surface area contributed by atoms with Gasteiger partial charge in [0.25, 0.3) is 0 Å². The molecule has 0 aliphatic heterocycles. The summed E-state index contributed by atoms with van der Waals surface area (Å²) in [6.45, 7) is 5.28. The van der Waals surface area contributed by atoms with E-state index in [-0.39, 0.29) is 0 Å². The van der Waals surface area contributed by atoms with E-state index in [0.29, 0.717) is 0 Å². The van der Waals surface area contributed by atoms with E-state index in [4.69, 9.17) is 0 Å². The maximum atomic E-state index is 4.20. The summed E-state index contributed by atoms with van der Waals surface area (Å²) in [6.07, 6.45) is 3.86. The first-order valence-electron chi connectivity index (χ1n) is 3.52. The molecule has 0 radical (unpaired) electrons. The highest BCUT2D eigenvalue weighted by Crippen LogP contribution is 2.13. The van der Waals surface area contributed by atoms with Crippen LogP contribution >= 0.6 is 11.8 Å². The topological polar surface area (TPSA) is 17.8 Å². The zero-order chi connectivity index (χ0) is 7.40. The first-order valence-corrected chi connectivity index (χ1v) is 4.51. The van der Waals surface area contributed by atoms with Gasteiger partial charge in [0.05, 0.1) is 0 Å². The van der Waals surface area contributed by atoms with Crippen LogP contribution in [-0.4, -0.2) is 15.3 Å². The van der Waals surface area contributed by atoms with Crippen LogP contribution in [-0.2, 0) is 6.54 Å². The normalized spacial score (nSPS) is 10.2. The van der Waals surface area contributed by atoms with Gasteiger partial charge in [-0.15, -0.1) is 0 Å². The van der Waals surface area contributed by atoms with E-state index in [9.17, 15) is 0 Å². The van der Waals surface area contributed by atoms with Gasteiger partial charge in [0.1, 0.15) is 0 Å². The van der Waals surface area contributed by atoms with Crippen LogP contribution in [0.1, 0.15) is 13.8 Å². The van der Waals surface area contributed by atoms with Crippen LogP contribution in [0.4, 0.5) is 0 Å². The quantitative estimate of drug-likeness (QED) is 0.623. The van der Waals surface area contributed by atoms with Gasteiger partial charge in [-0.05, 0) is 12.7 Å². The number of hydrogen-bond donors (Lipinski definition) is 0. The number of imidazole rings is 1. The molecule has 2 nitrogen and oxygen atoms in total. The van der Waals surface area contributed by atoms with E-state index in [1.807, 2.05) is 12.4 Å². The molecule has 0 aliphatic carbocycles. The summed E-state index contributed by atoms with van der Waals surface area (Å²) in [4.78, 5) is 4.20. The molecule has 0 fully saturated rings. The number of rotatable bonds is 3. The monoisotopic (exact) mass is 156 g/mol. The molecule has 0 saturated heterocycles. The van der Waals surface area contributed by atoms with Crippen LogP contribution in [0.2, 0.25) is 0 Å². The lowest BCUT2D eigenvalue weighted by atomic mass is 10.7. The van der Waals surface area contributed by atoms with Crippen molar-refractivity contribution in [1.29, 1.82) is 0 Å². The average molecular weight is 156 g/mol. The number of aryl methyl sites for hydroxylation is 1. The van der Waals surface area contributed by atoms with Crippen LogP contribution in [0.15, 0.2) is 17.6 Å². The molecule has 10 heavy (non-hydrogen) atoms. The van der Waals surface area contributed by atoms with Gasteiger partial charge in [-0.3, -0.25) is 0 Å². The molecule has 1 aromatic heterocycles. The third-order valence-corrected chi connectivity index (χ3v) is 2.18. The number of aromatic nitrogens is 2. The van der Waals surface area contributed by atoms with Gasteiger partial charge < -0.3 is 4.57 Å². The molecule has 0 N–H and O–H groups in total. The fraction of sp³-hybridized carbons (Fsp3) is 0.571. The fourth-order valence-electron chi connectivity index (χ4n) is 0.805. The maximum absolute atomic E-state index is 4.20. The summed E-state index contributed by atoms with van der Waals surface area (Å²) in [6, 6.07) is 0. The second-order valence-corrected chi connectivity index (χ2v) is 3.16. The third kappa shape index (κ3) is 1.53. The molecule has 0 amide bonds. The summed E-state index contributed by atoms with van der Waals surface area (Å²) in [7, 11) is 0. The van der Waals surface area contributed by atoms with Gasteiger partial charge >= 0.3 is 0 Å². The van der Waals surface area contributed by atoms with Crippen molar-refractivity contribution >= 4 is 11.8 Å². The molecule has 0 spiro atoms. The Balaban J connectivity index is 2.70. The highest BCUT2D eigenvalue weighted by molar-refractivity contribution is 7.99. The minimum Gasteiger partial charge on any atom is -0.326 e. The van der Waals surface area contributed by atoms with Crippen molar-refractivity contribution in [3.63, 3.8) is 0 Å². The van der Waals surface area contributed by atoms with Crippen LogP contribution in [0.3, 0.4) is 0 Å². The molecule has 0 aliphatic rings. The molecule has 56 valence electrons. The summed E-state index contributed by atoms with van der Waals surface area (Å²) in [5.41, 5.74) is 0. The number of hydrogen-bond acceptors (Lipinski definition) is 2. The molecule has 1 heterocycles. The van der Waals surface area contributed by atoms with Crippen molar-refractivity contribution in [2.24, 2.45) is 0 Å². The lowest BCUT2D eigenvalue weighted by Crippen LogP contribution is -1.93. The zero-order valence-electron chi connectivity index (χ0n) is 6.37. The van der Waals surface area contributed by atoms with Crippen LogP contribution in [0.25, 0.3) is 0 Å². The SMILES string of the molecule is CCSc1nccn1CC. The maximum Gasteiger partial charge on any atom is 0.167 e. The number of thioether (sulfide) groups is 1. The minimum absolute atomic E-state index is 1.02. The van der Waals surface area contributed by atoms with E-state index in [1.165, 1.54) is 0 Å². The molecular weight excluding hydrogens is 144 g/mol. The minimum atomic E-state index is 1.02. The molecule has 0 saturated carbocycles. The largest absolute Gasteiger partial charge is 0.326 e. The Bertz CT molecular complexity index is 195. The van der Waals surface area contributed by atoms with E-state index in [1.54, 1.807) is 11.8 Å². The summed E-state index contributed by atoms with van der Waals surface area (Å²) < 4.78 is 2.15. The molecule has 1 aromatic rings. The van der Waals surface area contributed by atoms with Gasteiger partial charge in [0.15, 0.2) is 5.16 Å². The van der Waals surface area contributed by atoms with Crippen LogP contribution < -0.4 is 0 Å². The number of nitrogens with zero attached hydrogens (tertiary/aromatic N) is 2. The van der Waals surface area contributed by atoms with Crippen molar-refractivity contribution < 1.29 is 0 Å². The Morgan fingerprint density at radius 1 is 1.60 bits per heavy atom. The van der Waals surface area contributed by atoms with Crippen molar-refractivity contribution in [3.8, 4) is 0 Å². The summed E-state index contributed by atoms with van der Waals surface area (Å²) in [5, 5.41) is 1.13. The van der Waals surface area contributed by atoms with Crippen molar-refractivity contribution in [2.75, 3.05) is 5.75 Å². The van der Waals surface area contributed by atoms with Crippen molar-refractivity contribution in [1.82, 2.24) is 9.55 Å². The van der Waals surface area contributed by atoms with Gasteiger partial charge in [-0.2, -0.15) is 0 Å². The Morgan fingerprint density at radius 3 is 3.00 bits per heavy atom. The van der Waals surface area contributed by atoms with Crippen LogP contribution in [0.5, 0.6) is 0 Å². The third-order valence-electron chi connectivity index (χ3n) is 1.29. The molecule has 0 aromatic carbocycles. The van der Waals surface area contributed by atoms with Gasteiger partial charge in [-0.1, -0.05) is 18.7 Å². The standard InChI is InChI=1S/C7H12N2S/c1-3-9-6-5-8-7(9)10-4-2/h5-6H,3-4H2,1-2H3. The Labute approximate surface area is 65.7 Å². The molecular formula is C7H12N2S. The smallest absolute Gasteiger partial charge is 0.167 e. The summed E-state index contributed by atoms with van der Waals surface area (Å²) in [5.74, 6) is 1.09. The van der Waals surface area contributed by atoms with E-state index in [0.717, 1.165) is 17.5 Å². The van der Waals surface area contributed by atoms with E-state index < -0.39 is 0 Å². The Kier molecular flexibility index (Phi) is 2.81. The predicted molar refractivity (Wildman–Crippen MR) is 44.3 cm³/mol. The van der Waals surface area contributed by atoms with E-state index >= 15 is 0 Å². The van der Waals surface area contributed by atoms with Crippen LogP contribution in [0, 0.1) is 0 Å². The lowest BCUT2D eigenvalue weighted by molar-refractivity contribution is 0.681. The fourth-order valence-corrected chi connectivity index (χ4v) is 1.55. The van der Waals surface area contributed by atoms with Gasteiger partial charge in [0, 0.05) is 18.9 Å². The molecule has 0 unspecified atom stereocenters. The first kappa shape index (κ1) is 7.66. The highest BCUT2D eigenvalue weighted by Gasteiger charge is 1.97. The van der Waals surface area contributed by atoms with Crippen molar-refractivity contribution in [3.05, 3.63) is 12.4 Å². The molecule has 0 bridgehead atoms. The second-order valence-electron chi connectivity index (χ2n) is 1.93. The average Bonchev–Trinajstić information content (AvgIpc) is 2.36. The molecule has 1 rings (SSSR count). The Hall–Kier alpha value is -0.440. The Morgan fingerprint density at radius 2 is 2.40 bits per heavy atom. The zero-order valence-corrected chi connectivity index (χ0v) is 7.19. The molecule has 0 atom stereocenters. The van der Waals surface area contributed by atoms with Gasteiger partial charge in [0.2, 0.25) is 0 Å².